The molecule has 1 amide bonds. The Morgan fingerprint density at radius 1 is 1.25 bits per heavy atom. The van der Waals surface area contributed by atoms with Crippen molar-refractivity contribution in [2.75, 3.05) is 0 Å². The number of nitrogens with one attached hydrogen (secondary N) is 1. The number of aryl methyl sites for hydroxylation is 1. The molecule has 3 rings (SSSR count). The number of carbonyl (C=O) groups is 2. The summed E-state index contributed by atoms with van der Waals surface area (Å²) >= 11 is 0. The Bertz CT molecular complexity index is 769. The van der Waals surface area contributed by atoms with Crippen molar-refractivity contribution in [2.45, 2.75) is 32.2 Å². The van der Waals surface area contributed by atoms with Gasteiger partial charge in [-0.15, -0.1) is 0 Å². The number of carboxylic acids is 1. The van der Waals surface area contributed by atoms with E-state index in [0.717, 1.165) is 29.5 Å². The van der Waals surface area contributed by atoms with Gasteiger partial charge in [0.15, 0.2) is 0 Å². The fraction of sp³-hybridized carbons (Fsp3) is 0.316. The molecule has 5 heteroatoms. The first kappa shape index (κ1) is 16.2. The van der Waals surface area contributed by atoms with Gasteiger partial charge in [-0.05, 0) is 30.9 Å². The standard InChI is InChI=1S/C19H20N2O3/c1-12-3-2-4-14(7-12)15-9-16(11-20-10-15)18(22)21-17(19(23)24)8-13-5-6-13/h2-4,7,9-11,13,17H,5-6,8H2,1H3,(H,21,22)(H,23,24). The van der Waals surface area contributed by atoms with Crippen LogP contribution in [0.4, 0.5) is 0 Å². The van der Waals surface area contributed by atoms with Gasteiger partial charge in [0.25, 0.3) is 5.91 Å². The fourth-order valence-electron chi connectivity index (χ4n) is 2.70. The Kier molecular flexibility index (Phi) is 4.60. The highest BCUT2D eigenvalue weighted by molar-refractivity contribution is 5.97. The highest BCUT2D eigenvalue weighted by atomic mass is 16.4. The molecule has 1 aromatic carbocycles. The number of amides is 1. The number of aromatic nitrogens is 1. The van der Waals surface area contributed by atoms with Crippen molar-refractivity contribution in [3.63, 3.8) is 0 Å². The number of hydrogen-bond donors (Lipinski definition) is 2. The summed E-state index contributed by atoms with van der Waals surface area (Å²) < 4.78 is 0. The van der Waals surface area contributed by atoms with E-state index < -0.39 is 17.9 Å². The minimum absolute atomic E-state index is 0.371. The molecule has 2 N–H and O–H groups in total. The van der Waals surface area contributed by atoms with Gasteiger partial charge in [0.1, 0.15) is 6.04 Å². The molecule has 1 saturated carbocycles. The van der Waals surface area contributed by atoms with Crippen molar-refractivity contribution in [2.24, 2.45) is 5.92 Å². The molecule has 1 aromatic heterocycles. The molecule has 1 aliphatic carbocycles. The van der Waals surface area contributed by atoms with E-state index >= 15 is 0 Å². The number of aliphatic carboxylic acids is 1. The summed E-state index contributed by atoms with van der Waals surface area (Å²) in [7, 11) is 0. The van der Waals surface area contributed by atoms with Gasteiger partial charge in [-0.2, -0.15) is 0 Å². The van der Waals surface area contributed by atoms with Gasteiger partial charge in [0, 0.05) is 18.0 Å². The highest BCUT2D eigenvalue weighted by Crippen LogP contribution is 2.33. The number of benzene rings is 1. The molecular weight excluding hydrogens is 304 g/mol. The van der Waals surface area contributed by atoms with E-state index in [4.69, 9.17) is 0 Å². The summed E-state index contributed by atoms with van der Waals surface area (Å²) in [6, 6.07) is 8.83. The zero-order valence-electron chi connectivity index (χ0n) is 13.5. The van der Waals surface area contributed by atoms with E-state index in [0.29, 0.717) is 17.9 Å². The van der Waals surface area contributed by atoms with Gasteiger partial charge in [0.2, 0.25) is 0 Å². The van der Waals surface area contributed by atoms with Crippen molar-refractivity contribution in [1.82, 2.24) is 10.3 Å². The Balaban J connectivity index is 1.77. The first-order valence-electron chi connectivity index (χ1n) is 8.08. The smallest absolute Gasteiger partial charge is 0.326 e. The molecule has 0 aliphatic heterocycles. The Labute approximate surface area is 140 Å². The second-order valence-electron chi connectivity index (χ2n) is 6.38. The van der Waals surface area contributed by atoms with Gasteiger partial charge in [-0.25, -0.2) is 4.79 Å². The number of nitrogens with zero attached hydrogens (tertiary/aromatic N) is 1. The van der Waals surface area contributed by atoms with E-state index in [9.17, 15) is 14.7 Å². The van der Waals surface area contributed by atoms with Gasteiger partial charge in [-0.3, -0.25) is 9.78 Å². The fourth-order valence-corrected chi connectivity index (χ4v) is 2.70. The summed E-state index contributed by atoms with van der Waals surface area (Å²) in [6.45, 7) is 2.00. The maximum absolute atomic E-state index is 12.4. The zero-order valence-corrected chi connectivity index (χ0v) is 13.5. The average molecular weight is 324 g/mol. The second-order valence-corrected chi connectivity index (χ2v) is 6.38. The van der Waals surface area contributed by atoms with Gasteiger partial charge < -0.3 is 10.4 Å². The van der Waals surface area contributed by atoms with Gasteiger partial charge >= 0.3 is 5.97 Å². The van der Waals surface area contributed by atoms with Crippen LogP contribution in [0.15, 0.2) is 42.7 Å². The maximum atomic E-state index is 12.4. The molecule has 0 bridgehead atoms. The Morgan fingerprint density at radius 2 is 2.04 bits per heavy atom. The predicted octanol–water partition coefficient (Wildman–Crippen LogP) is 3.04. The monoisotopic (exact) mass is 324 g/mol. The van der Waals surface area contributed by atoms with E-state index in [1.807, 2.05) is 31.2 Å². The molecule has 1 unspecified atom stereocenters. The topological polar surface area (TPSA) is 79.3 Å². The second kappa shape index (κ2) is 6.83. The molecule has 1 heterocycles. The largest absolute Gasteiger partial charge is 0.480 e. The van der Waals surface area contributed by atoms with Crippen LogP contribution in [0.3, 0.4) is 0 Å². The van der Waals surface area contributed by atoms with E-state index in [1.165, 1.54) is 6.20 Å². The summed E-state index contributed by atoms with van der Waals surface area (Å²) in [5.41, 5.74) is 3.30. The molecule has 1 atom stereocenters. The summed E-state index contributed by atoms with van der Waals surface area (Å²) in [6.07, 6.45) is 5.75. The van der Waals surface area contributed by atoms with E-state index in [-0.39, 0.29) is 0 Å². The average Bonchev–Trinajstić information content (AvgIpc) is 3.38. The highest BCUT2D eigenvalue weighted by Gasteiger charge is 2.30. The third-order valence-electron chi connectivity index (χ3n) is 4.22. The lowest BCUT2D eigenvalue weighted by Gasteiger charge is -2.14. The SMILES string of the molecule is Cc1cccc(-c2cncc(C(=O)NC(CC3CC3)C(=O)O)c2)c1. The normalized spacial score (nSPS) is 14.9. The lowest BCUT2D eigenvalue weighted by atomic mass is 10.0. The molecule has 0 saturated heterocycles. The molecule has 124 valence electrons. The van der Waals surface area contributed by atoms with Gasteiger partial charge in [-0.1, -0.05) is 42.7 Å². The number of rotatable bonds is 6. The van der Waals surface area contributed by atoms with Crippen molar-refractivity contribution >= 4 is 11.9 Å². The summed E-state index contributed by atoms with van der Waals surface area (Å²) in [5, 5.41) is 11.9. The Hall–Kier alpha value is -2.69. The van der Waals surface area contributed by atoms with Crippen molar-refractivity contribution in [3.05, 3.63) is 53.9 Å². The molecule has 1 aliphatic rings. The third kappa shape index (κ3) is 3.98. The molecule has 5 nitrogen and oxygen atoms in total. The van der Waals surface area contributed by atoms with Gasteiger partial charge in [0.05, 0.1) is 5.56 Å². The van der Waals surface area contributed by atoms with Crippen molar-refractivity contribution in [1.29, 1.82) is 0 Å². The molecule has 0 radical (unpaired) electrons. The van der Waals surface area contributed by atoms with Crippen LogP contribution in [-0.2, 0) is 4.79 Å². The number of pyridine rings is 1. The van der Waals surface area contributed by atoms with E-state index in [2.05, 4.69) is 10.3 Å². The molecule has 2 aromatic rings. The minimum Gasteiger partial charge on any atom is -0.480 e. The first-order valence-corrected chi connectivity index (χ1v) is 8.08. The lowest BCUT2D eigenvalue weighted by molar-refractivity contribution is -0.139. The first-order chi connectivity index (χ1) is 11.5. The zero-order chi connectivity index (χ0) is 17.1. The van der Waals surface area contributed by atoms with Crippen LogP contribution in [0.1, 0.15) is 35.2 Å². The predicted molar refractivity (Wildman–Crippen MR) is 90.6 cm³/mol. The summed E-state index contributed by atoms with van der Waals surface area (Å²) in [4.78, 5) is 27.9. The quantitative estimate of drug-likeness (QED) is 0.856. The van der Waals surface area contributed by atoms with Crippen LogP contribution in [-0.4, -0.2) is 28.0 Å². The van der Waals surface area contributed by atoms with Crippen LogP contribution in [0.2, 0.25) is 0 Å². The lowest BCUT2D eigenvalue weighted by Crippen LogP contribution is -2.41. The number of hydrogen-bond acceptors (Lipinski definition) is 3. The minimum atomic E-state index is -0.988. The van der Waals surface area contributed by atoms with Crippen LogP contribution in [0, 0.1) is 12.8 Å². The van der Waals surface area contributed by atoms with Crippen molar-refractivity contribution < 1.29 is 14.7 Å². The van der Waals surface area contributed by atoms with Crippen LogP contribution in [0.5, 0.6) is 0 Å². The van der Waals surface area contributed by atoms with E-state index in [1.54, 1.807) is 12.3 Å². The van der Waals surface area contributed by atoms with Crippen LogP contribution in [0.25, 0.3) is 11.1 Å². The number of carbonyl (C=O) groups excluding carboxylic acids is 1. The summed E-state index contributed by atoms with van der Waals surface area (Å²) in [5.74, 6) is -0.966. The molecule has 0 spiro atoms. The Morgan fingerprint density at radius 3 is 2.71 bits per heavy atom. The number of carboxylic acid groups (broad SMARTS) is 1. The maximum Gasteiger partial charge on any atom is 0.326 e. The third-order valence-corrected chi connectivity index (χ3v) is 4.22. The molecule has 1 fully saturated rings. The molecule has 24 heavy (non-hydrogen) atoms. The van der Waals surface area contributed by atoms with Crippen molar-refractivity contribution in [3.8, 4) is 11.1 Å². The molecular formula is C19H20N2O3. The van der Waals surface area contributed by atoms with Crippen LogP contribution < -0.4 is 5.32 Å². The van der Waals surface area contributed by atoms with Crippen LogP contribution >= 0.6 is 0 Å².